The second-order valence-electron chi connectivity index (χ2n) is 4.74. The normalized spacial score (nSPS) is 14.3. The van der Waals surface area contributed by atoms with Crippen molar-refractivity contribution in [2.24, 2.45) is 4.99 Å². The number of hydrogen-bond acceptors (Lipinski definition) is 6. The van der Waals surface area contributed by atoms with Crippen LogP contribution >= 0.6 is 0 Å². The fourth-order valence-corrected chi connectivity index (χ4v) is 1.49. The molecule has 2 N–H and O–H groups in total. The van der Waals surface area contributed by atoms with Crippen LogP contribution in [0.15, 0.2) is 22.1 Å². The van der Waals surface area contributed by atoms with Crippen LogP contribution in [-0.2, 0) is 11.5 Å². The molecule has 0 unspecified atom stereocenters. The molecular weight excluding hydrogens is 276 g/mol. The van der Waals surface area contributed by atoms with E-state index in [2.05, 4.69) is 9.98 Å². The summed E-state index contributed by atoms with van der Waals surface area (Å²) in [5.41, 5.74) is -0.508. The SMILES string of the molecule is CC[C@@H](O)[C@@H](CO)OCn1ccc(N=CN(C)C)nc1=O. The summed E-state index contributed by atoms with van der Waals surface area (Å²) in [5, 5.41) is 18.7. The molecule has 0 fully saturated rings. The maximum absolute atomic E-state index is 11.8. The molecule has 0 saturated carbocycles. The second kappa shape index (κ2) is 8.50. The third-order valence-corrected chi connectivity index (χ3v) is 2.74. The van der Waals surface area contributed by atoms with E-state index in [1.54, 1.807) is 24.2 Å². The minimum Gasteiger partial charge on any atom is -0.394 e. The first-order chi connectivity index (χ1) is 9.97. The summed E-state index contributed by atoms with van der Waals surface area (Å²) in [6.45, 7) is 1.37. The molecule has 0 radical (unpaired) electrons. The standard InChI is InChI=1S/C13H22N4O4/c1-4-10(19)11(7-18)21-9-17-6-5-12(15-13(17)20)14-8-16(2)3/h5-6,8,10-11,18-19H,4,7,9H2,1-3H3/t10-,11-/m1/s1. The molecule has 8 heteroatoms. The number of aromatic nitrogens is 2. The van der Waals surface area contributed by atoms with E-state index in [-0.39, 0.29) is 13.3 Å². The highest BCUT2D eigenvalue weighted by Gasteiger charge is 2.17. The van der Waals surface area contributed by atoms with Gasteiger partial charge in [-0.3, -0.25) is 4.57 Å². The van der Waals surface area contributed by atoms with Crippen molar-refractivity contribution in [2.75, 3.05) is 20.7 Å². The molecule has 8 nitrogen and oxygen atoms in total. The Hall–Kier alpha value is -1.77. The largest absolute Gasteiger partial charge is 0.394 e. The summed E-state index contributed by atoms with van der Waals surface area (Å²) in [4.78, 5) is 21.3. The van der Waals surface area contributed by atoms with Crippen molar-refractivity contribution in [3.63, 3.8) is 0 Å². The lowest BCUT2D eigenvalue weighted by Gasteiger charge is -2.20. The average Bonchev–Trinajstić information content (AvgIpc) is 2.46. The van der Waals surface area contributed by atoms with Crippen LogP contribution in [0.3, 0.4) is 0 Å². The topological polar surface area (TPSA) is 100 Å². The fourth-order valence-electron chi connectivity index (χ4n) is 1.49. The summed E-state index contributed by atoms with van der Waals surface area (Å²) >= 11 is 0. The zero-order chi connectivity index (χ0) is 15.8. The van der Waals surface area contributed by atoms with Crippen LogP contribution in [0.25, 0.3) is 0 Å². The minimum atomic E-state index is -0.775. The minimum absolute atomic E-state index is 0.0915. The summed E-state index contributed by atoms with van der Waals surface area (Å²) < 4.78 is 6.56. The van der Waals surface area contributed by atoms with Crippen LogP contribution in [0.5, 0.6) is 0 Å². The van der Waals surface area contributed by atoms with Crippen LogP contribution in [0, 0.1) is 0 Å². The molecule has 21 heavy (non-hydrogen) atoms. The number of aliphatic imine (C=N–C) groups is 1. The van der Waals surface area contributed by atoms with Gasteiger partial charge in [-0.15, -0.1) is 0 Å². The molecule has 0 aliphatic heterocycles. The van der Waals surface area contributed by atoms with Gasteiger partial charge in [0, 0.05) is 20.3 Å². The Kier molecular flexibility index (Phi) is 7.00. The van der Waals surface area contributed by atoms with E-state index in [9.17, 15) is 9.90 Å². The van der Waals surface area contributed by atoms with Crippen molar-refractivity contribution in [1.29, 1.82) is 0 Å². The van der Waals surface area contributed by atoms with E-state index in [1.807, 2.05) is 14.1 Å². The van der Waals surface area contributed by atoms with Crippen LogP contribution in [0.1, 0.15) is 13.3 Å². The Balaban J connectivity index is 2.71. The van der Waals surface area contributed by atoms with Gasteiger partial charge in [-0.1, -0.05) is 6.92 Å². The Morgan fingerprint density at radius 1 is 1.57 bits per heavy atom. The highest BCUT2D eigenvalue weighted by atomic mass is 16.5. The first kappa shape index (κ1) is 17.3. The molecule has 0 bridgehead atoms. The molecule has 2 atom stereocenters. The van der Waals surface area contributed by atoms with Gasteiger partial charge in [0.25, 0.3) is 0 Å². The van der Waals surface area contributed by atoms with Gasteiger partial charge >= 0.3 is 5.69 Å². The van der Waals surface area contributed by atoms with Gasteiger partial charge in [-0.25, -0.2) is 9.79 Å². The van der Waals surface area contributed by atoms with Crippen LogP contribution in [-0.4, -0.2) is 63.9 Å². The molecule has 1 aromatic heterocycles. The van der Waals surface area contributed by atoms with Gasteiger partial charge in [-0.2, -0.15) is 4.98 Å². The lowest BCUT2D eigenvalue weighted by atomic mass is 10.2. The molecule has 0 aliphatic rings. The van der Waals surface area contributed by atoms with Gasteiger partial charge in [-0.05, 0) is 12.5 Å². The third-order valence-electron chi connectivity index (χ3n) is 2.74. The average molecular weight is 298 g/mol. The summed E-state index contributed by atoms with van der Waals surface area (Å²) in [6.07, 6.45) is 2.00. The maximum Gasteiger partial charge on any atom is 0.351 e. The predicted molar refractivity (Wildman–Crippen MR) is 78.6 cm³/mol. The van der Waals surface area contributed by atoms with E-state index in [0.29, 0.717) is 12.2 Å². The van der Waals surface area contributed by atoms with Crippen molar-refractivity contribution in [2.45, 2.75) is 32.3 Å². The Morgan fingerprint density at radius 3 is 2.81 bits per heavy atom. The zero-order valence-corrected chi connectivity index (χ0v) is 12.5. The Bertz CT molecular complexity index is 515. The van der Waals surface area contributed by atoms with Crippen molar-refractivity contribution >= 4 is 12.2 Å². The number of ether oxygens (including phenoxy) is 1. The fraction of sp³-hybridized carbons (Fsp3) is 0.615. The maximum atomic E-state index is 11.8. The van der Waals surface area contributed by atoms with Crippen molar-refractivity contribution in [3.8, 4) is 0 Å². The van der Waals surface area contributed by atoms with Gasteiger partial charge in [0.1, 0.15) is 12.8 Å². The van der Waals surface area contributed by atoms with Crippen LogP contribution < -0.4 is 5.69 Å². The molecule has 1 rings (SSSR count). The highest BCUT2D eigenvalue weighted by Crippen LogP contribution is 2.05. The molecule has 0 aromatic carbocycles. The number of aliphatic hydroxyl groups is 2. The highest BCUT2D eigenvalue weighted by molar-refractivity contribution is 5.58. The summed E-state index contributed by atoms with van der Waals surface area (Å²) in [7, 11) is 3.62. The molecule has 0 amide bonds. The molecule has 0 spiro atoms. The summed E-state index contributed by atoms with van der Waals surface area (Å²) in [5.74, 6) is 0.303. The first-order valence-corrected chi connectivity index (χ1v) is 6.66. The lowest BCUT2D eigenvalue weighted by molar-refractivity contribution is -0.0890. The van der Waals surface area contributed by atoms with Crippen molar-refractivity contribution < 1.29 is 14.9 Å². The monoisotopic (exact) mass is 298 g/mol. The zero-order valence-electron chi connectivity index (χ0n) is 12.5. The van der Waals surface area contributed by atoms with Gasteiger partial charge in [0.2, 0.25) is 0 Å². The smallest absolute Gasteiger partial charge is 0.351 e. The number of aliphatic hydroxyl groups excluding tert-OH is 2. The molecule has 0 saturated heterocycles. The van der Waals surface area contributed by atoms with E-state index in [0.717, 1.165) is 0 Å². The second-order valence-corrected chi connectivity index (χ2v) is 4.74. The van der Waals surface area contributed by atoms with E-state index in [4.69, 9.17) is 9.84 Å². The number of hydrogen-bond donors (Lipinski definition) is 2. The van der Waals surface area contributed by atoms with E-state index >= 15 is 0 Å². The van der Waals surface area contributed by atoms with Crippen molar-refractivity contribution in [3.05, 3.63) is 22.7 Å². The van der Waals surface area contributed by atoms with Gasteiger partial charge in [0.15, 0.2) is 5.82 Å². The Morgan fingerprint density at radius 2 is 2.29 bits per heavy atom. The first-order valence-electron chi connectivity index (χ1n) is 6.66. The van der Waals surface area contributed by atoms with E-state index in [1.165, 1.54) is 10.8 Å². The predicted octanol–water partition coefficient (Wildman–Crippen LogP) is -0.429. The van der Waals surface area contributed by atoms with Gasteiger partial charge < -0.3 is 19.8 Å². The quantitative estimate of drug-likeness (QED) is 0.499. The molecular formula is C13H22N4O4. The molecule has 118 valence electrons. The third kappa shape index (κ3) is 5.62. The van der Waals surface area contributed by atoms with Crippen LogP contribution in [0.2, 0.25) is 0 Å². The number of nitrogens with zero attached hydrogens (tertiary/aromatic N) is 4. The molecule has 1 heterocycles. The van der Waals surface area contributed by atoms with E-state index < -0.39 is 17.9 Å². The van der Waals surface area contributed by atoms with Gasteiger partial charge in [0.05, 0.1) is 19.0 Å². The van der Waals surface area contributed by atoms with Crippen LogP contribution in [0.4, 0.5) is 5.82 Å². The molecule has 0 aliphatic carbocycles. The Labute approximate surface area is 123 Å². The van der Waals surface area contributed by atoms with Crippen molar-refractivity contribution in [1.82, 2.24) is 14.5 Å². The number of rotatable bonds is 8. The lowest BCUT2D eigenvalue weighted by Crippen LogP contribution is -2.34. The molecule has 1 aromatic rings. The summed E-state index contributed by atoms with van der Waals surface area (Å²) in [6, 6.07) is 1.58.